The number of aromatic nitrogens is 2. The molecule has 0 unspecified atom stereocenters. The van der Waals surface area contributed by atoms with E-state index in [1.165, 1.54) is 11.1 Å². The van der Waals surface area contributed by atoms with Crippen molar-refractivity contribution in [1.82, 2.24) is 20.4 Å². The van der Waals surface area contributed by atoms with Gasteiger partial charge in [-0.2, -0.15) is 5.10 Å². The Bertz CT molecular complexity index is 933. The molecule has 0 aliphatic heterocycles. The van der Waals surface area contributed by atoms with Crippen LogP contribution >= 0.6 is 0 Å². The van der Waals surface area contributed by atoms with Crippen LogP contribution in [0.4, 0.5) is 0 Å². The SMILES string of the molecule is Cc1ccccc1[C@@H](CNC(=O)c1cc(-c2ccccc2O)n[nH]1)N(C)C. The maximum Gasteiger partial charge on any atom is 0.269 e. The van der Waals surface area contributed by atoms with E-state index >= 15 is 0 Å². The van der Waals surface area contributed by atoms with E-state index in [2.05, 4.69) is 39.5 Å². The number of amides is 1. The van der Waals surface area contributed by atoms with Gasteiger partial charge in [-0.3, -0.25) is 9.89 Å². The van der Waals surface area contributed by atoms with Crippen LogP contribution in [-0.4, -0.2) is 46.8 Å². The third-order valence-corrected chi connectivity index (χ3v) is 4.63. The van der Waals surface area contributed by atoms with Crippen molar-refractivity contribution < 1.29 is 9.90 Å². The van der Waals surface area contributed by atoms with E-state index in [0.717, 1.165) is 0 Å². The average molecular weight is 364 g/mol. The molecule has 2 aromatic carbocycles. The zero-order valence-electron chi connectivity index (χ0n) is 15.7. The molecule has 3 rings (SSSR count). The van der Waals surface area contributed by atoms with Gasteiger partial charge in [0.05, 0.1) is 11.7 Å². The molecule has 27 heavy (non-hydrogen) atoms. The fraction of sp³-hybridized carbons (Fsp3) is 0.238. The van der Waals surface area contributed by atoms with Crippen LogP contribution < -0.4 is 5.32 Å². The number of rotatable bonds is 6. The minimum atomic E-state index is -0.232. The summed E-state index contributed by atoms with van der Waals surface area (Å²) in [6.07, 6.45) is 0. The van der Waals surface area contributed by atoms with Gasteiger partial charge < -0.3 is 15.3 Å². The molecule has 3 N–H and O–H groups in total. The molecule has 1 atom stereocenters. The van der Waals surface area contributed by atoms with E-state index in [0.29, 0.717) is 23.5 Å². The van der Waals surface area contributed by atoms with Crippen LogP contribution in [0.2, 0.25) is 0 Å². The molecule has 0 bridgehead atoms. The molecule has 0 aliphatic rings. The van der Waals surface area contributed by atoms with E-state index in [1.54, 1.807) is 24.3 Å². The number of aryl methyl sites for hydroxylation is 1. The van der Waals surface area contributed by atoms with E-state index < -0.39 is 0 Å². The smallest absolute Gasteiger partial charge is 0.269 e. The van der Waals surface area contributed by atoms with Crippen LogP contribution in [0, 0.1) is 6.92 Å². The number of likely N-dealkylation sites (N-methyl/N-ethyl adjacent to an activating group) is 1. The number of carbonyl (C=O) groups is 1. The molecule has 3 aromatic rings. The summed E-state index contributed by atoms with van der Waals surface area (Å²) in [4.78, 5) is 14.6. The second-order valence-corrected chi connectivity index (χ2v) is 6.73. The van der Waals surface area contributed by atoms with Gasteiger partial charge in [0.2, 0.25) is 0 Å². The highest BCUT2D eigenvalue weighted by atomic mass is 16.3. The summed E-state index contributed by atoms with van der Waals surface area (Å²) >= 11 is 0. The van der Waals surface area contributed by atoms with Crippen LogP contribution in [0.3, 0.4) is 0 Å². The zero-order chi connectivity index (χ0) is 19.4. The second kappa shape index (κ2) is 8.05. The first kappa shape index (κ1) is 18.7. The van der Waals surface area contributed by atoms with Crippen LogP contribution in [0.1, 0.15) is 27.7 Å². The monoisotopic (exact) mass is 364 g/mol. The van der Waals surface area contributed by atoms with E-state index in [9.17, 15) is 9.90 Å². The fourth-order valence-corrected chi connectivity index (χ4v) is 3.08. The van der Waals surface area contributed by atoms with Crippen molar-refractivity contribution in [2.45, 2.75) is 13.0 Å². The highest BCUT2D eigenvalue weighted by molar-refractivity contribution is 5.93. The maximum atomic E-state index is 12.6. The molecule has 1 aromatic heterocycles. The summed E-state index contributed by atoms with van der Waals surface area (Å²) in [6.45, 7) is 2.54. The van der Waals surface area contributed by atoms with Crippen molar-refractivity contribution in [3.8, 4) is 17.0 Å². The highest BCUT2D eigenvalue weighted by Gasteiger charge is 2.19. The Labute approximate surface area is 158 Å². The third-order valence-electron chi connectivity index (χ3n) is 4.63. The molecule has 0 saturated heterocycles. The highest BCUT2D eigenvalue weighted by Crippen LogP contribution is 2.27. The molecule has 0 fully saturated rings. The molecule has 1 amide bonds. The Balaban J connectivity index is 1.72. The molecular weight excluding hydrogens is 340 g/mol. The van der Waals surface area contributed by atoms with Gasteiger partial charge in [0.1, 0.15) is 11.4 Å². The Morgan fingerprint density at radius 1 is 1.19 bits per heavy atom. The first-order valence-corrected chi connectivity index (χ1v) is 8.81. The van der Waals surface area contributed by atoms with Gasteiger partial charge in [-0.15, -0.1) is 0 Å². The lowest BCUT2D eigenvalue weighted by Gasteiger charge is -2.26. The van der Waals surface area contributed by atoms with E-state index in [-0.39, 0.29) is 17.7 Å². The van der Waals surface area contributed by atoms with Crippen molar-refractivity contribution in [3.05, 3.63) is 71.4 Å². The van der Waals surface area contributed by atoms with Crippen LogP contribution in [0.25, 0.3) is 11.3 Å². The van der Waals surface area contributed by atoms with Gasteiger partial charge >= 0.3 is 0 Å². The van der Waals surface area contributed by atoms with E-state index in [1.807, 2.05) is 32.3 Å². The Morgan fingerprint density at radius 2 is 1.89 bits per heavy atom. The zero-order valence-corrected chi connectivity index (χ0v) is 15.7. The molecule has 140 valence electrons. The molecule has 6 nitrogen and oxygen atoms in total. The summed E-state index contributed by atoms with van der Waals surface area (Å²) in [5.74, 6) is -0.104. The maximum absolute atomic E-state index is 12.6. The minimum Gasteiger partial charge on any atom is -0.507 e. The van der Waals surface area contributed by atoms with Gasteiger partial charge in [-0.05, 0) is 50.3 Å². The topological polar surface area (TPSA) is 81.2 Å². The summed E-state index contributed by atoms with van der Waals surface area (Å²) in [7, 11) is 3.99. The number of hydrogen-bond acceptors (Lipinski definition) is 4. The summed E-state index contributed by atoms with van der Waals surface area (Å²) < 4.78 is 0. The number of nitrogens with zero attached hydrogens (tertiary/aromatic N) is 2. The number of phenolic OH excluding ortho intramolecular Hbond substituents is 1. The summed E-state index contributed by atoms with van der Waals surface area (Å²) in [5.41, 5.74) is 3.84. The predicted octanol–water partition coefficient (Wildman–Crippen LogP) is 3.12. The normalized spacial score (nSPS) is 12.1. The van der Waals surface area contributed by atoms with Crippen LogP contribution in [0.5, 0.6) is 5.75 Å². The molecule has 1 heterocycles. The van der Waals surface area contributed by atoms with Crippen molar-refractivity contribution in [3.63, 3.8) is 0 Å². The van der Waals surface area contributed by atoms with Crippen molar-refractivity contribution in [2.75, 3.05) is 20.6 Å². The molecule has 0 radical (unpaired) electrons. The number of nitrogens with one attached hydrogen (secondary N) is 2. The standard InChI is InChI=1S/C21H24N4O2/c1-14-8-4-5-9-15(14)19(25(2)3)13-22-21(27)18-12-17(23-24-18)16-10-6-7-11-20(16)26/h4-12,19,26H,13H2,1-3H3,(H,22,27)(H,23,24)/t19-/m1/s1. The Kier molecular flexibility index (Phi) is 5.57. The van der Waals surface area contributed by atoms with Gasteiger partial charge in [-0.25, -0.2) is 0 Å². The summed E-state index contributed by atoms with van der Waals surface area (Å²) in [6, 6.07) is 16.8. The van der Waals surface area contributed by atoms with Crippen molar-refractivity contribution in [1.29, 1.82) is 0 Å². The number of benzene rings is 2. The molecule has 6 heteroatoms. The molecule has 0 aliphatic carbocycles. The Hall–Kier alpha value is -3.12. The molecule has 0 saturated carbocycles. The largest absolute Gasteiger partial charge is 0.507 e. The first-order valence-electron chi connectivity index (χ1n) is 8.81. The number of aromatic amines is 1. The lowest BCUT2D eigenvalue weighted by Crippen LogP contribution is -2.35. The quantitative estimate of drug-likeness (QED) is 0.628. The van der Waals surface area contributed by atoms with Crippen LogP contribution in [-0.2, 0) is 0 Å². The Morgan fingerprint density at radius 3 is 2.59 bits per heavy atom. The molecule has 0 spiro atoms. The lowest BCUT2D eigenvalue weighted by atomic mass is 10.0. The average Bonchev–Trinajstić information content (AvgIpc) is 3.13. The lowest BCUT2D eigenvalue weighted by molar-refractivity contribution is 0.0936. The van der Waals surface area contributed by atoms with Crippen molar-refractivity contribution >= 4 is 5.91 Å². The fourth-order valence-electron chi connectivity index (χ4n) is 3.08. The van der Waals surface area contributed by atoms with Gasteiger partial charge in [-0.1, -0.05) is 36.4 Å². The van der Waals surface area contributed by atoms with Gasteiger partial charge in [0, 0.05) is 12.1 Å². The number of phenols is 1. The van der Waals surface area contributed by atoms with Gasteiger partial charge in [0.15, 0.2) is 0 Å². The number of para-hydroxylation sites is 1. The summed E-state index contributed by atoms with van der Waals surface area (Å²) in [5, 5.41) is 19.8. The number of hydrogen-bond donors (Lipinski definition) is 3. The number of carbonyl (C=O) groups excluding carboxylic acids is 1. The third kappa shape index (κ3) is 4.17. The minimum absolute atomic E-state index is 0.0655. The van der Waals surface area contributed by atoms with Crippen molar-refractivity contribution in [2.24, 2.45) is 0 Å². The van der Waals surface area contributed by atoms with Gasteiger partial charge in [0.25, 0.3) is 5.91 Å². The second-order valence-electron chi connectivity index (χ2n) is 6.73. The van der Waals surface area contributed by atoms with Crippen LogP contribution in [0.15, 0.2) is 54.6 Å². The predicted molar refractivity (Wildman–Crippen MR) is 106 cm³/mol. The molecular formula is C21H24N4O2. The number of aromatic hydroxyl groups is 1. The van der Waals surface area contributed by atoms with E-state index in [4.69, 9.17) is 0 Å². The number of H-pyrrole nitrogens is 1. The first-order chi connectivity index (χ1) is 13.0.